The normalized spacial score (nSPS) is 15.1. The van der Waals surface area contributed by atoms with Crippen LogP contribution in [0.3, 0.4) is 0 Å². The second-order valence-corrected chi connectivity index (χ2v) is 7.74. The monoisotopic (exact) mass is 416 g/mol. The third-order valence-corrected chi connectivity index (χ3v) is 5.66. The first kappa shape index (κ1) is 21.5. The number of rotatable bonds is 3. The topological polar surface area (TPSA) is 50.3 Å². The molecule has 4 nitrogen and oxygen atoms in total. The fraction of sp³-hybridized carbons (Fsp3) is 0.240. The number of carbonyl (C=O) groups is 2. The van der Waals surface area contributed by atoms with Gasteiger partial charge in [-0.25, -0.2) is 4.98 Å². The van der Waals surface area contributed by atoms with Crippen LogP contribution in [0.4, 0.5) is 0 Å². The fourth-order valence-electron chi connectivity index (χ4n) is 3.06. The molecule has 0 unspecified atom stereocenters. The van der Waals surface area contributed by atoms with Gasteiger partial charge in [0.1, 0.15) is 0 Å². The Morgan fingerprint density at radius 1 is 1.13 bits per heavy atom. The second-order valence-electron chi connectivity index (χ2n) is 6.71. The Morgan fingerprint density at radius 3 is 2.60 bits per heavy atom. The third-order valence-electron chi connectivity index (χ3n) is 4.70. The SMILES string of the molecule is C/C=C\C.O=C1C2=C(CCC=C2)C(=O)N1CCC#Cc1ncc(-c2ccccc2)s1. The Hall–Kier alpha value is -3.23. The molecule has 30 heavy (non-hydrogen) atoms. The van der Waals surface area contributed by atoms with Gasteiger partial charge in [0.05, 0.1) is 4.88 Å². The van der Waals surface area contributed by atoms with Gasteiger partial charge in [-0.2, -0.15) is 0 Å². The van der Waals surface area contributed by atoms with Gasteiger partial charge >= 0.3 is 0 Å². The number of thiazole rings is 1. The number of aromatic nitrogens is 1. The van der Waals surface area contributed by atoms with Gasteiger partial charge in [0.15, 0.2) is 5.01 Å². The molecule has 0 atom stereocenters. The lowest BCUT2D eigenvalue weighted by molar-refractivity contribution is -0.137. The molecule has 1 aromatic heterocycles. The summed E-state index contributed by atoms with van der Waals surface area (Å²) >= 11 is 1.54. The van der Waals surface area contributed by atoms with Gasteiger partial charge in [-0.1, -0.05) is 60.6 Å². The van der Waals surface area contributed by atoms with Gasteiger partial charge in [0.25, 0.3) is 11.8 Å². The first-order chi connectivity index (χ1) is 14.7. The standard InChI is InChI=1S/C21H16N2O2S.C4H8/c24-20-16-10-4-5-11-17(16)21(25)23(20)13-7-6-12-19-22-14-18(26-19)15-8-2-1-3-9-15;1-3-4-2/h1-4,8-10,14H,5,7,11,13H2;3-4H,1-2H3/b;4-3-. The van der Waals surface area contributed by atoms with E-state index in [1.54, 1.807) is 6.08 Å². The summed E-state index contributed by atoms with van der Waals surface area (Å²) in [4.78, 5) is 31.4. The summed E-state index contributed by atoms with van der Waals surface area (Å²) < 4.78 is 0. The van der Waals surface area contributed by atoms with E-state index in [0.717, 1.165) is 21.9 Å². The number of hydrogen-bond donors (Lipinski definition) is 0. The van der Waals surface area contributed by atoms with Crippen LogP contribution in [0.25, 0.3) is 10.4 Å². The van der Waals surface area contributed by atoms with Crippen molar-refractivity contribution in [2.75, 3.05) is 6.54 Å². The van der Waals surface area contributed by atoms with E-state index in [2.05, 4.69) is 16.8 Å². The van der Waals surface area contributed by atoms with Crippen LogP contribution >= 0.6 is 11.3 Å². The maximum absolute atomic E-state index is 12.3. The van der Waals surface area contributed by atoms with Gasteiger partial charge in [-0.05, 0) is 38.2 Å². The molecule has 2 amide bonds. The lowest BCUT2D eigenvalue weighted by Crippen LogP contribution is -2.32. The lowest BCUT2D eigenvalue weighted by atomic mass is 10.00. The Kier molecular flexibility index (Phi) is 7.53. The predicted molar refractivity (Wildman–Crippen MR) is 122 cm³/mol. The number of allylic oxidation sites excluding steroid dienone is 3. The Balaban J connectivity index is 0.000000589. The number of nitrogens with zero attached hydrogens (tertiary/aromatic N) is 2. The molecule has 1 aliphatic carbocycles. The highest BCUT2D eigenvalue weighted by Crippen LogP contribution is 2.29. The molecular formula is C25H24N2O2S. The van der Waals surface area contributed by atoms with Crippen LogP contribution < -0.4 is 0 Å². The molecule has 2 aliphatic rings. The predicted octanol–water partition coefficient (Wildman–Crippen LogP) is 5.15. The van der Waals surface area contributed by atoms with Crippen LogP contribution in [0.5, 0.6) is 0 Å². The molecule has 0 radical (unpaired) electrons. The molecule has 1 aromatic carbocycles. The highest BCUT2D eigenvalue weighted by molar-refractivity contribution is 7.15. The quantitative estimate of drug-likeness (QED) is 0.395. The summed E-state index contributed by atoms with van der Waals surface area (Å²) in [5.41, 5.74) is 2.33. The number of benzene rings is 1. The summed E-state index contributed by atoms with van der Waals surface area (Å²) in [5, 5.41) is 0.739. The van der Waals surface area contributed by atoms with E-state index in [4.69, 9.17) is 0 Å². The van der Waals surface area contributed by atoms with E-state index in [0.29, 0.717) is 30.5 Å². The highest BCUT2D eigenvalue weighted by atomic mass is 32.1. The lowest BCUT2D eigenvalue weighted by Gasteiger charge is -2.12. The van der Waals surface area contributed by atoms with Gasteiger partial charge in [-0.15, -0.1) is 11.3 Å². The van der Waals surface area contributed by atoms with Gasteiger partial charge in [-0.3, -0.25) is 14.5 Å². The maximum Gasteiger partial charge on any atom is 0.261 e. The average molecular weight is 417 g/mol. The largest absolute Gasteiger partial charge is 0.274 e. The van der Waals surface area contributed by atoms with Crippen LogP contribution in [0.15, 0.2) is 72.0 Å². The van der Waals surface area contributed by atoms with E-state index >= 15 is 0 Å². The molecule has 0 saturated carbocycles. The van der Waals surface area contributed by atoms with Crippen molar-refractivity contribution < 1.29 is 9.59 Å². The third kappa shape index (κ3) is 5.03. The molecule has 0 fully saturated rings. The van der Waals surface area contributed by atoms with E-state index in [-0.39, 0.29) is 11.8 Å². The van der Waals surface area contributed by atoms with Crippen molar-refractivity contribution in [1.29, 1.82) is 0 Å². The molecule has 0 N–H and O–H groups in total. The fourth-order valence-corrected chi connectivity index (χ4v) is 3.86. The Morgan fingerprint density at radius 2 is 1.90 bits per heavy atom. The van der Waals surface area contributed by atoms with Crippen LogP contribution in [-0.2, 0) is 9.59 Å². The minimum absolute atomic E-state index is 0.156. The molecule has 0 bridgehead atoms. The number of amides is 2. The summed E-state index contributed by atoms with van der Waals surface area (Å²) in [6, 6.07) is 10.0. The van der Waals surface area contributed by atoms with E-state index in [9.17, 15) is 9.59 Å². The summed E-state index contributed by atoms with van der Waals surface area (Å²) in [6.07, 6.45) is 11.5. The van der Waals surface area contributed by atoms with Crippen molar-refractivity contribution in [2.24, 2.45) is 0 Å². The number of carbonyl (C=O) groups excluding carboxylic acids is 2. The number of hydrogen-bond acceptors (Lipinski definition) is 4. The first-order valence-corrected chi connectivity index (χ1v) is 10.8. The maximum atomic E-state index is 12.3. The van der Waals surface area contributed by atoms with Gasteiger partial charge in [0, 0.05) is 30.3 Å². The van der Waals surface area contributed by atoms with Gasteiger partial charge < -0.3 is 0 Å². The van der Waals surface area contributed by atoms with E-state index in [1.807, 2.05) is 68.6 Å². The van der Waals surface area contributed by atoms with Crippen molar-refractivity contribution in [1.82, 2.24) is 9.88 Å². The summed E-state index contributed by atoms with van der Waals surface area (Å²) in [7, 11) is 0. The molecule has 0 saturated heterocycles. The van der Waals surface area contributed by atoms with Crippen molar-refractivity contribution in [3.63, 3.8) is 0 Å². The van der Waals surface area contributed by atoms with Crippen molar-refractivity contribution in [3.05, 3.63) is 77.0 Å². The van der Waals surface area contributed by atoms with Crippen molar-refractivity contribution in [2.45, 2.75) is 33.1 Å². The average Bonchev–Trinajstić information content (AvgIpc) is 3.36. The molecular weight excluding hydrogens is 392 g/mol. The Bertz CT molecular complexity index is 1060. The molecule has 152 valence electrons. The summed E-state index contributed by atoms with van der Waals surface area (Å²) in [5.74, 6) is 5.72. The second kappa shape index (κ2) is 10.5. The van der Waals surface area contributed by atoms with Gasteiger partial charge in [0.2, 0.25) is 0 Å². The zero-order valence-electron chi connectivity index (χ0n) is 17.2. The molecule has 1 aliphatic heterocycles. The van der Waals surface area contributed by atoms with Crippen molar-refractivity contribution >= 4 is 23.2 Å². The minimum Gasteiger partial charge on any atom is -0.274 e. The van der Waals surface area contributed by atoms with E-state index < -0.39 is 0 Å². The smallest absolute Gasteiger partial charge is 0.261 e. The van der Waals surface area contributed by atoms with Crippen molar-refractivity contribution in [3.8, 4) is 22.3 Å². The minimum atomic E-state index is -0.191. The first-order valence-electron chi connectivity index (χ1n) is 9.99. The van der Waals surface area contributed by atoms with Crippen LogP contribution in [0.1, 0.15) is 38.1 Å². The van der Waals surface area contributed by atoms with Crippen LogP contribution in [-0.4, -0.2) is 28.2 Å². The molecule has 5 heteroatoms. The zero-order chi connectivity index (χ0) is 21.3. The molecule has 2 heterocycles. The highest BCUT2D eigenvalue weighted by Gasteiger charge is 2.36. The molecule has 0 spiro atoms. The van der Waals surface area contributed by atoms with Crippen LogP contribution in [0.2, 0.25) is 0 Å². The number of imide groups is 1. The van der Waals surface area contributed by atoms with Crippen LogP contribution in [0, 0.1) is 11.8 Å². The molecule has 2 aromatic rings. The zero-order valence-corrected chi connectivity index (χ0v) is 18.0. The molecule has 4 rings (SSSR count). The Labute approximate surface area is 181 Å². The van der Waals surface area contributed by atoms with E-state index in [1.165, 1.54) is 16.2 Å². The summed E-state index contributed by atoms with van der Waals surface area (Å²) in [6.45, 7) is 4.32.